The summed E-state index contributed by atoms with van der Waals surface area (Å²) in [5.41, 5.74) is 0. The Labute approximate surface area is 98.1 Å². The van der Waals surface area contributed by atoms with Gasteiger partial charge in [-0.2, -0.15) is 0 Å². The fourth-order valence-corrected chi connectivity index (χ4v) is 2.55. The normalized spacial score (nSPS) is 17.8. The predicted molar refractivity (Wildman–Crippen MR) is 66.4 cm³/mol. The molecule has 3 heteroatoms. The number of imidazole rings is 1. The SMILES string of the molecule is c1c[nH]c(CCNCCC2CCCCC2)n1. The molecule has 90 valence electrons. The predicted octanol–water partition coefficient (Wildman–Crippen LogP) is 2.51. The van der Waals surface area contributed by atoms with Gasteiger partial charge in [-0.1, -0.05) is 32.1 Å². The van der Waals surface area contributed by atoms with E-state index < -0.39 is 0 Å². The van der Waals surface area contributed by atoms with Crippen molar-refractivity contribution in [2.75, 3.05) is 13.1 Å². The van der Waals surface area contributed by atoms with E-state index in [2.05, 4.69) is 15.3 Å². The Balaban J connectivity index is 1.48. The molecule has 1 fully saturated rings. The lowest BCUT2D eigenvalue weighted by Crippen LogP contribution is -2.22. The fraction of sp³-hybridized carbons (Fsp3) is 0.769. The van der Waals surface area contributed by atoms with Gasteiger partial charge in [-0.15, -0.1) is 0 Å². The van der Waals surface area contributed by atoms with E-state index in [0.717, 1.165) is 24.7 Å². The van der Waals surface area contributed by atoms with Gasteiger partial charge in [0.15, 0.2) is 0 Å². The molecule has 0 aromatic carbocycles. The lowest BCUT2D eigenvalue weighted by atomic mass is 9.87. The van der Waals surface area contributed by atoms with Crippen LogP contribution in [-0.4, -0.2) is 23.1 Å². The molecule has 1 heterocycles. The Kier molecular flexibility index (Phi) is 4.87. The van der Waals surface area contributed by atoms with Crippen molar-refractivity contribution >= 4 is 0 Å². The molecule has 0 atom stereocenters. The van der Waals surface area contributed by atoms with Crippen molar-refractivity contribution in [3.8, 4) is 0 Å². The van der Waals surface area contributed by atoms with E-state index in [0.29, 0.717) is 0 Å². The van der Waals surface area contributed by atoms with Gasteiger partial charge in [0.1, 0.15) is 5.82 Å². The molecule has 0 unspecified atom stereocenters. The highest BCUT2D eigenvalue weighted by Gasteiger charge is 2.12. The molecule has 3 nitrogen and oxygen atoms in total. The van der Waals surface area contributed by atoms with Gasteiger partial charge in [-0.05, 0) is 18.9 Å². The molecule has 2 N–H and O–H groups in total. The van der Waals surface area contributed by atoms with E-state index >= 15 is 0 Å². The van der Waals surface area contributed by atoms with Crippen LogP contribution in [0.4, 0.5) is 0 Å². The van der Waals surface area contributed by atoms with Gasteiger partial charge in [-0.3, -0.25) is 0 Å². The number of rotatable bonds is 6. The molecular weight excluding hydrogens is 198 g/mol. The molecule has 2 rings (SSSR count). The summed E-state index contributed by atoms with van der Waals surface area (Å²) in [7, 11) is 0. The van der Waals surface area contributed by atoms with Crippen molar-refractivity contribution in [1.29, 1.82) is 0 Å². The van der Waals surface area contributed by atoms with Gasteiger partial charge in [-0.25, -0.2) is 4.98 Å². The average Bonchev–Trinajstić information content (AvgIpc) is 2.83. The van der Waals surface area contributed by atoms with E-state index in [1.165, 1.54) is 45.1 Å². The molecule has 0 radical (unpaired) electrons. The summed E-state index contributed by atoms with van der Waals surface area (Å²) in [5, 5.41) is 3.51. The summed E-state index contributed by atoms with van der Waals surface area (Å²) in [6.07, 6.45) is 13.4. The van der Waals surface area contributed by atoms with Crippen LogP contribution in [0.1, 0.15) is 44.3 Å². The molecule has 1 aliphatic rings. The fourth-order valence-electron chi connectivity index (χ4n) is 2.55. The van der Waals surface area contributed by atoms with E-state index in [1.54, 1.807) is 0 Å². The Morgan fingerprint density at radius 3 is 2.88 bits per heavy atom. The number of nitrogens with zero attached hydrogens (tertiary/aromatic N) is 1. The third kappa shape index (κ3) is 3.97. The number of aromatic amines is 1. The minimum absolute atomic E-state index is 0.991. The van der Waals surface area contributed by atoms with Crippen molar-refractivity contribution in [2.24, 2.45) is 5.92 Å². The van der Waals surface area contributed by atoms with Gasteiger partial charge < -0.3 is 10.3 Å². The molecule has 0 amide bonds. The van der Waals surface area contributed by atoms with Crippen LogP contribution in [0, 0.1) is 5.92 Å². The molecule has 16 heavy (non-hydrogen) atoms. The lowest BCUT2D eigenvalue weighted by molar-refractivity contribution is 0.334. The van der Waals surface area contributed by atoms with Crippen molar-refractivity contribution in [3.63, 3.8) is 0 Å². The topological polar surface area (TPSA) is 40.7 Å². The number of aromatic nitrogens is 2. The Morgan fingerprint density at radius 2 is 2.12 bits per heavy atom. The third-order valence-electron chi connectivity index (χ3n) is 3.55. The molecule has 1 aromatic rings. The summed E-state index contributed by atoms with van der Waals surface area (Å²) in [6, 6.07) is 0. The molecule has 0 bridgehead atoms. The number of hydrogen-bond acceptors (Lipinski definition) is 2. The van der Waals surface area contributed by atoms with Crippen LogP contribution in [0.15, 0.2) is 12.4 Å². The van der Waals surface area contributed by atoms with Crippen molar-refractivity contribution < 1.29 is 0 Å². The van der Waals surface area contributed by atoms with Gasteiger partial charge in [0.2, 0.25) is 0 Å². The zero-order valence-electron chi connectivity index (χ0n) is 10.0. The molecule has 1 saturated carbocycles. The van der Waals surface area contributed by atoms with Crippen molar-refractivity contribution in [1.82, 2.24) is 15.3 Å². The Hall–Kier alpha value is -0.830. The summed E-state index contributed by atoms with van der Waals surface area (Å²) in [4.78, 5) is 7.33. The number of H-pyrrole nitrogens is 1. The summed E-state index contributed by atoms with van der Waals surface area (Å²) in [5.74, 6) is 2.08. The lowest BCUT2D eigenvalue weighted by Gasteiger charge is -2.21. The second-order valence-electron chi connectivity index (χ2n) is 4.83. The monoisotopic (exact) mass is 221 g/mol. The first-order chi connectivity index (χ1) is 7.95. The molecule has 0 aliphatic heterocycles. The summed E-state index contributed by atoms with van der Waals surface area (Å²) >= 11 is 0. The number of hydrogen-bond donors (Lipinski definition) is 2. The van der Waals surface area contributed by atoms with Crippen molar-refractivity contribution in [2.45, 2.75) is 44.9 Å². The Morgan fingerprint density at radius 1 is 1.25 bits per heavy atom. The van der Waals surface area contributed by atoms with Gasteiger partial charge in [0, 0.05) is 25.4 Å². The van der Waals surface area contributed by atoms with Crippen molar-refractivity contribution in [3.05, 3.63) is 18.2 Å². The summed E-state index contributed by atoms with van der Waals surface area (Å²) in [6.45, 7) is 2.21. The van der Waals surface area contributed by atoms with Gasteiger partial charge >= 0.3 is 0 Å². The smallest absolute Gasteiger partial charge is 0.107 e. The molecule has 1 aromatic heterocycles. The minimum atomic E-state index is 0.991. The zero-order valence-corrected chi connectivity index (χ0v) is 10.0. The van der Waals surface area contributed by atoms with E-state index in [9.17, 15) is 0 Å². The van der Waals surface area contributed by atoms with Crippen LogP contribution in [-0.2, 0) is 6.42 Å². The van der Waals surface area contributed by atoms with E-state index in [-0.39, 0.29) is 0 Å². The maximum atomic E-state index is 4.21. The number of nitrogens with one attached hydrogen (secondary N) is 2. The van der Waals surface area contributed by atoms with Crippen LogP contribution in [0.2, 0.25) is 0 Å². The molecule has 0 spiro atoms. The largest absolute Gasteiger partial charge is 0.349 e. The maximum absolute atomic E-state index is 4.21. The quantitative estimate of drug-likeness (QED) is 0.725. The van der Waals surface area contributed by atoms with Crippen LogP contribution in [0.5, 0.6) is 0 Å². The van der Waals surface area contributed by atoms with Gasteiger partial charge in [0.25, 0.3) is 0 Å². The Bertz CT molecular complexity index is 263. The summed E-state index contributed by atoms with van der Waals surface area (Å²) < 4.78 is 0. The van der Waals surface area contributed by atoms with Crippen LogP contribution in [0.25, 0.3) is 0 Å². The molecular formula is C13H23N3. The highest BCUT2D eigenvalue weighted by atomic mass is 14.9. The first-order valence-corrected chi connectivity index (χ1v) is 6.64. The second-order valence-corrected chi connectivity index (χ2v) is 4.83. The minimum Gasteiger partial charge on any atom is -0.349 e. The maximum Gasteiger partial charge on any atom is 0.107 e. The standard InChI is InChI=1S/C13H23N3/c1-2-4-12(5-3-1)6-8-14-9-7-13-15-10-11-16-13/h10-12,14H,1-9H2,(H,15,16). The van der Waals surface area contributed by atoms with Crippen LogP contribution < -0.4 is 5.32 Å². The van der Waals surface area contributed by atoms with E-state index in [1.807, 2.05) is 12.4 Å². The second kappa shape index (κ2) is 6.69. The van der Waals surface area contributed by atoms with Crippen LogP contribution >= 0.6 is 0 Å². The third-order valence-corrected chi connectivity index (χ3v) is 3.55. The van der Waals surface area contributed by atoms with Gasteiger partial charge in [0.05, 0.1) is 0 Å². The first kappa shape index (κ1) is 11.6. The van der Waals surface area contributed by atoms with Crippen LogP contribution in [0.3, 0.4) is 0 Å². The molecule has 0 saturated heterocycles. The highest BCUT2D eigenvalue weighted by Crippen LogP contribution is 2.25. The zero-order chi connectivity index (χ0) is 11.1. The highest BCUT2D eigenvalue weighted by molar-refractivity contribution is 4.87. The molecule has 1 aliphatic carbocycles. The van der Waals surface area contributed by atoms with E-state index in [4.69, 9.17) is 0 Å². The first-order valence-electron chi connectivity index (χ1n) is 6.64. The average molecular weight is 221 g/mol.